The van der Waals surface area contributed by atoms with Crippen molar-refractivity contribution in [2.75, 3.05) is 11.9 Å². The van der Waals surface area contributed by atoms with Crippen molar-refractivity contribution in [3.05, 3.63) is 35.9 Å². The summed E-state index contributed by atoms with van der Waals surface area (Å²) < 4.78 is 5.11. The first-order chi connectivity index (χ1) is 10.8. The summed E-state index contributed by atoms with van der Waals surface area (Å²) in [6, 6.07) is 7.10. The lowest BCUT2D eigenvalue weighted by atomic mass is 10.1. The van der Waals surface area contributed by atoms with Crippen LogP contribution >= 0.6 is 0 Å². The van der Waals surface area contributed by atoms with Gasteiger partial charge in [-0.05, 0) is 32.4 Å². The molecule has 7 nitrogen and oxygen atoms in total. The van der Waals surface area contributed by atoms with E-state index in [1.807, 2.05) is 6.07 Å². The summed E-state index contributed by atoms with van der Waals surface area (Å²) in [7, 11) is 0. The maximum absolute atomic E-state index is 11.5. The first-order valence-electron chi connectivity index (χ1n) is 7.02. The van der Waals surface area contributed by atoms with Gasteiger partial charge in [0.1, 0.15) is 11.8 Å². The van der Waals surface area contributed by atoms with Crippen LogP contribution in [-0.4, -0.2) is 35.6 Å². The SMILES string of the molecule is CC(C)(C)OC(=O)NCC=Cc1ccccc1NC(=O)C=NO. The van der Waals surface area contributed by atoms with Crippen molar-refractivity contribution >= 4 is 30.0 Å². The molecule has 0 aliphatic rings. The highest BCUT2D eigenvalue weighted by atomic mass is 16.6. The number of carbonyl (C=O) groups is 2. The fourth-order valence-corrected chi connectivity index (χ4v) is 1.62. The van der Waals surface area contributed by atoms with Gasteiger partial charge in [0.2, 0.25) is 0 Å². The van der Waals surface area contributed by atoms with Crippen LogP contribution in [0.15, 0.2) is 35.5 Å². The molecular formula is C16H21N3O4. The number of benzene rings is 1. The lowest BCUT2D eigenvalue weighted by molar-refractivity contribution is -0.110. The second kappa shape index (κ2) is 8.57. The predicted octanol–water partition coefficient (Wildman–Crippen LogP) is 2.62. The quantitative estimate of drug-likeness (QED) is 0.441. The van der Waals surface area contributed by atoms with Gasteiger partial charge in [0.05, 0.1) is 0 Å². The number of alkyl carbamates (subject to hydrolysis) is 1. The summed E-state index contributed by atoms with van der Waals surface area (Å²) >= 11 is 0. The van der Waals surface area contributed by atoms with Crippen LogP contribution in [0.1, 0.15) is 26.3 Å². The fraction of sp³-hybridized carbons (Fsp3) is 0.312. The average molecular weight is 319 g/mol. The van der Waals surface area contributed by atoms with Crippen molar-refractivity contribution in [2.24, 2.45) is 5.16 Å². The number of oxime groups is 1. The summed E-state index contributed by atoms with van der Waals surface area (Å²) in [4.78, 5) is 22.9. The van der Waals surface area contributed by atoms with E-state index in [0.717, 1.165) is 11.8 Å². The highest BCUT2D eigenvalue weighted by Crippen LogP contribution is 2.16. The van der Waals surface area contributed by atoms with Crippen molar-refractivity contribution in [1.82, 2.24) is 5.32 Å². The van der Waals surface area contributed by atoms with E-state index in [4.69, 9.17) is 9.94 Å². The Morgan fingerprint density at radius 2 is 2.00 bits per heavy atom. The van der Waals surface area contributed by atoms with Crippen LogP contribution in [0.4, 0.5) is 10.5 Å². The van der Waals surface area contributed by atoms with Crippen LogP contribution in [0.25, 0.3) is 6.08 Å². The Labute approximate surface area is 135 Å². The Morgan fingerprint density at radius 3 is 2.65 bits per heavy atom. The smallest absolute Gasteiger partial charge is 0.407 e. The van der Waals surface area contributed by atoms with Gasteiger partial charge in [-0.25, -0.2) is 4.79 Å². The average Bonchev–Trinajstić information content (AvgIpc) is 2.43. The number of carbonyl (C=O) groups excluding carboxylic acids is 2. The van der Waals surface area contributed by atoms with Gasteiger partial charge in [-0.1, -0.05) is 35.5 Å². The number of nitrogens with zero attached hydrogens (tertiary/aromatic N) is 1. The van der Waals surface area contributed by atoms with Crippen LogP contribution in [0.3, 0.4) is 0 Å². The van der Waals surface area contributed by atoms with Crippen molar-refractivity contribution in [2.45, 2.75) is 26.4 Å². The molecular weight excluding hydrogens is 298 g/mol. The van der Waals surface area contributed by atoms with Crippen molar-refractivity contribution in [3.8, 4) is 0 Å². The summed E-state index contributed by atoms with van der Waals surface area (Å²) in [5, 5.41) is 16.2. The molecule has 2 amide bonds. The molecule has 1 aromatic carbocycles. The molecule has 0 radical (unpaired) electrons. The van der Waals surface area contributed by atoms with Gasteiger partial charge in [-0.3, -0.25) is 4.79 Å². The molecule has 3 N–H and O–H groups in total. The Hall–Kier alpha value is -2.83. The van der Waals surface area contributed by atoms with E-state index >= 15 is 0 Å². The number of para-hydroxylation sites is 1. The van der Waals surface area contributed by atoms with E-state index in [-0.39, 0.29) is 6.54 Å². The number of anilines is 1. The molecule has 0 bridgehead atoms. The molecule has 23 heavy (non-hydrogen) atoms. The first-order valence-corrected chi connectivity index (χ1v) is 7.02. The second-order valence-corrected chi connectivity index (χ2v) is 5.61. The lowest BCUT2D eigenvalue weighted by Gasteiger charge is -2.19. The molecule has 0 aromatic heterocycles. The number of rotatable bonds is 5. The minimum atomic E-state index is -0.543. The highest BCUT2D eigenvalue weighted by Gasteiger charge is 2.14. The van der Waals surface area contributed by atoms with Gasteiger partial charge >= 0.3 is 6.09 Å². The van der Waals surface area contributed by atoms with E-state index in [2.05, 4.69) is 15.8 Å². The van der Waals surface area contributed by atoms with E-state index in [1.165, 1.54) is 0 Å². The molecule has 0 heterocycles. The van der Waals surface area contributed by atoms with Gasteiger partial charge in [0.25, 0.3) is 5.91 Å². The minimum Gasteiger partial charge on any atom is -0.444 e. The Kier molecular flexibility index (Phi) is 6.79. The standard InChI is InChI=1S/C16H21N3O4/c1-16(2,3)23-15(21)17-10-6-8-12-7-4-5-9-13(12)19-14(20)11-18-22/h4-9,11,22H,10H2,1-3H3,(H,17,21)(H,19,20). The molecule has 124 valence electrons. The summed E-state index contributed by atoms with van der Waals surface area (Å²) in [5.74, 6) is -0.541. The largest absolute Gasteiger partial charge is 0.444 e. The zero-order valence-corrected chi connectivity index (χ0v) is 13.4. The van der Waals surface area contributed by atoms with Crippen molar-refractivity contribution in [1.29, 1.82) is 0 Å². The van der Waals surface area contributed by atoms with Crippen molar-refractivity contribution < 1.29 is 19.5 Å². The molecule has 1 aromatic rings. The molecule has 0 aliphatic heterocycles. The van der Waals surface area contributed by atoms with E-state index < -0.39 is 17.6 Å². The molecule has 0 saturated carbocycles. The molecule has 0 fully saturated rings. The predicted molar refractivity (Wildman–Crippen MR) is 88.6 cm³/mol. The van der Waals surface area contributed by atoms with Gasteiger partial charge in [-0.2, -0.15) is 0 Å². The zero-order chi connectivity index (χ0) is 17.3. The van der Waals surface area contributed by atoms with Gasteiger partial charge in [-0.15, -0.1) is 0 Å². The molecule has 0 unspecified atom stereocenters. The maximum Gasteiger partial charge on any atom is 0.407 e. The van der Waals surface area contributed by atoms with E-state index in [1.54, 1.807) is 51.1 Å². The number of hydrogen-bond acceptors (Lipinski definition) is 5. The normalized spacial score (nSPS) is 11.6. The third-order valence-corrected chi connectivity index (χ3v) is 2.45. The van der Waals surface area contributed by atoms with Gasteiger partial charge in [0.15, 0.2) is 0 Å². The third-order valence-electron chi connectivity index (χ3n) is 2.45. The van der Waals surface area contributed by atoms with Crippen LogP contribution in [0.5, 0.6) is 0 Å². The van der Waals surface area contributed by atoms with E-state index in [9.17, 15) is 9.59 Å². The molecule has 0 saturated heterocycles. The summed E-state index contributed by atoms with van der Waals surface area (Å²) in [6.07, 6.45) is 3.76. The molecule has 1 rings (SSSR count). The van der Waals surface area contributed by atoms with E-state index in [0.29, 0.717) is 5.69 Å². The Morgan fingerprint density at radius 1 is 1.30 bits per heavy atom. The van der Waals surface area contributed by atoms with Crippen LogP contribution in [0.2, 0.25) is 0 Å². The minimum absolute atomic E-state index is 0.287. The monoisotopic (exact) mass is 319 g/mol. The molecule has 0 aliphatic carbocycles. The zero-order valence-electron chi connectivity index (χ0n) is 13.4. The Bertz CT molecular complexity index is 604. The van der Waals surface area contributed by atoms with Crippen molar-refractivity contribution in [3.63, 3.8) is 0 Å². The fourth-order valence-electron chi connectivity index (χ4n) is 1.62. The number of hydrogen-bond donors (Lipinski definition) is 3. The van der Waals surface area contributed by atoms with Crippen LogP contribution < -0.4 is 10.6 Å². The molecule has 0 atom stereocenters. The van der Waals surface area contributed by atoms with Crippen LogP contribution in [0, 0.1) is 0 Å². The van der Waals surface area contributed by atoms with Crippen LogP contribution in [-0.2, 0) is 9.53 Å². The highest BCUT2D eigenvalue weighted by molar-refractivity contribution is 6.31. The van der Waals surface area contributed by atoms with Gasteiger partial charge in [0, 0.05) is 12.2 Å². The summed E-state index contributed by atoms with van der Waals surface area (Å²) in [5.41, 5.74) is 0.767. The maximum atomic E-state index is 11.5. The summed E-state index contributed by atoms with van der Waals surface area (Å²) in [6.45, 7) is 5.65. The Balaban J connectivity index is 2.60. The topological polar surface area (TPSA) is 100 Å². The molecule has 7 heteroatoms. The number of nitrogens with one attached hydrogen (secondary N) is 2. The number of ether oxygens (including phenoxy) is 1. The second-order valence-electron chi connectivity index (χ2n) is 5.61. The molecule has 0 spiro atoms. The number of amides is 2. The first kappa shape index (κ1) is 18.2. The third kappa shape index (κ3) is 7.66. The van der Waals surface area contributed by atoms with Gasteiger partial charge < -0.3 is 20.6 Å². The lowest BCUT2D eigenvalue weighted by Crippen LogP contribution is -2.32.